The molecule has 0 spiro atoms. The molecule has 0 amide bonds. The average Bonchev–Trinajstić information content (AvgIpc) is 2.86. The molecule has 15 heavy (non-hydrogen) atoms. The van der Waals surface area contributed by atoms with Crippen molar-refractivity contribution in [2.75, 3.05) is 13.1 Å². The van der Waals surface area contributed by atoms with E-state index in [-0.39, 0.29) is 6.04 Å². The normalized spacial score (nSPS) is 23.6. The summed E-state index contributed by atoms with van der Waals surface area (Å²) in [5.74, 6) is 0.400. The highest BCUT2D eigenvalue weighted by molar-refractivity contribution is 5.01. The standard InChI is InChI=1S/C10H19N5/c1-7(2)10(11)9-6-15(14-13-9)8-3-4-12-5-8/h6-8,10,12H,3-5,11H2,1-2H3/t8-,10-/m0/s1. The SMILES string of the molecule is CC(C)[C@H](N)c1cn([C@H]2CCNC2)nn1. The Morgan fingerprint density at radius 1 is 1.60 bits per heavy atom. The molecular formula is C10H19N5. The van der Waals surface area contributed by atoms with Crippen LogP contribution in [-0.2, 0) is 0 Å². The van der Waals surface area contributed by atoms with Gasteiger partial charge in [-0.15, -0.1) is 5.10 Å². The summed E-state index contributed by atoms with van der Waals surface area (Å²) in [5, 5.41) is 11.6. The molecule has 0 radical (unpaired) electrons. The molecule has 0 unspecified atom stereocenters. The second kappa shape index (κ2) is 4.28. The number of nitrogens with one attached hydrogen (secondary N) is 1. The van der Waals surface area contributed by atoms with Crippen LogP contribution in [0.2, 0.25) is 0 Å². The second-order valence-electron chi connectivity index (χ2n) is 4.54. The minimum atomic E-state index is -0.00638. The van der Waals surface area contributed by atoms with Crippen molar-refractivity contribution in [3.63, 3.8) is 0 Å². The van der Waals surface area contributed by atoms with Crippen molar-refractivity contribution in [3.05, 3.63) is 11.9 Å². The Morgan fingerprint density at radius 3 is 3.00 bits per heavy atom. The summed E-state index contributed by atoms with van der Waals surface area (Å²) < 4.78 is 1.94. The van der Waals surface area contributed by atoms with Crippen LogP contribution >= 0.6 is 0 Å². The predicted octanol–water partition coefficient (Wildman–Crippen LogP) is 0.468. The fraction of sp³-hybridized carbons (Fsp3) is 0.800. The molecule has 1 aliphatic rings. The summed E-state index contributed by atoms with van der Waals surface area (Å²) in [6.07, 6.45) is 3.11. The van der Waals surface area contributed by atoms with Crippen molar-refractivity contribution in [2.24, 2.45) is 11.7 Å². The van der Waals surface area contributed by atoms with Gasteiger partial charge in [-0.25, -0.2) is 4.68 Å². The number of rotatable bonds is 3. The van der Waals surface area contributed by atoms with E-state index in [2.05, 4.69) is 29.5 Å². The van der Waals surface area contributed by atoms with Crippen LogP contribution in [0, 0.1) is 5.92 Å². The van der Waals surface area contributed by atoms with Crippen molar-refractivity contribution in [2.45, 2.75) is 32.4 Å². The molecule has 1 aromatic rings. The minimum Gasteiger partial charge on any atom is -0.322 e. The Morgan fingerprint density at radius 2 is 2.40 bits per heavy atom. The summed E-state index contributed by atoms with van der Waals surface area (Å²) in [5.41, 5.74) is 6.92. The Bertz CT molecular complexity index is 297. The fourth-order valence-corrected chi connectivity index (χ4v) is 1.83. The molecular weight excluding hydrogens is 190 g/mol. The lowest BCUT2D eigenvalue weighted by Gasteiger charge is -2.11. The molecule has 1 saturated heterocycles. The van der Waals surface area contributed by atoms with E-state index in [0.717, 1.165) is 25.2 Å². The van der Waals surface area contributed by atoms with E-state index in [0.29, 0.717) is 12.0 Å². The predicted molar refractivity (Wildman–Crippen MR) is 58.3 cm³/mol. The van der Waals surface area contributed by atoms with Gasteiger partial charge in [0.05, 0.1) is 24.0 Å². The van der Waals surface area contributed by atoms with Crippen LogP contribution < -0.4 is 11.1 Å². The Kier molecular flexibility index (Phi) is 3.02. The zero-order valence-corrected chi connectivity index (χ0v) is 9.35. The maximum atomic E-state index is 6.02. The van der Waals surface area contributed by atoms with Crippen molar-refractivity contribution < 1.29 is 0 Å². The van der Waals surface area contributed by atoms with Crippen LogP contribution in [0.4, 0.5) is 0 Å². The van der Waals surface area contributed by atoms with E-state index in [9.17, 15) is 0 Å². The van der Waals surface area contributed by atoms with Crippen LogP contribution in [0.15, 0.2) is 6.20 Å². The van der Waals surface area contributed by atoms with Gasteiger partial charge in [0.25, 0.3) is 0 Å². The first-order valence-corrected chi connectivity index (χ1v) is 5.56. The quantitative estimate of drug-likeness (QED) is 0.759. The molecule has 5 heteroatoms. The van der Waals surface area contributed by atoms with E-state index < -0.39 is 0 Å². The molecule has 2 rings (SSSR count). The second-order valence-corrected chi connectivity index (χ2v) is 4.54. The molecule has 0 bridgehead atoms. The summed E-state index contributed by atoms with van der Waals surface area (Å²) in [4.78, 5) is 0. The molecule has 0 aromatic carbocycles. The van der Waals surface area contributed by atoms with E-state index in [1.807, 2.05) is 10.9 Å². The van der Waals surface area contributed by atoms with Crippen LogP contribution in [0.1, 0.15) is 38.0 Å². The summed E-state index contributed by atoms with van der Waals surface area (Å²) in [6.45, 7) is 6.25. The molecule has 1 fully saturated rings. The van der Waals surface area contributed by atoms with Crippen molar-refractivity contribution in [1.82, 2.24) is 20.3 Å². The van der Waals surface area contributed by atoms with Crippen LogP contribution in [0.25, 0.3) is 0 Å². The number of nitrogens with zero attached hydrogens (tertiary/aromatic N) is 3. The first-order valence-electron chi connectivity index (χ1n) is 5.56. The van der Waals surface area contributed by atoms with Crippen LogP contribution in [-0.4, -0.2) is 28.1 Å². The van der Waals surface area contributed by atoms with Gasteiger partial charge in [0.1, 0.15) is 0 Å². The fourth-order valence-electron chi connectivity index (χ4n) is 1.83. The highest BCUT2D eigenvalue weighted by Crippen LogP contribution is 2.19. The largest absolute Gasteiger partial charge is 0.322 e. The third kappa shape index (κ3) is 2.18. The lowest BCUT2D eigenvalue weighted by molar-refractivity contribution is 0.476. The van der Waals surface area contributed by atoms with E-state index in [1.165, 1.54) is 0 Å². The van der Waals surface area contributed by atoms with Gasteiger partial charge in [0.15, 0.2) is 0 Å². The van der Waals surface area contributed by atoms with Gasteiger partial charge in [0.2, 0.25) is 0 Å². The minimum absolute atomic E-state index is 0.00638. The molecule has 2 heterocycles. The number of aromatic nitrogens is 3. The molecule has 3 N–H and O–H groups in total. The number of hydrogen-bond donors (Lipinski definition) is 2. The third-order valence-corrected chi connectivity index (χ3v) is 3.00. The third-order valence-electron chi connectivity index (χ3n) is 3.00. The number of nitrogens with two attached hydrogens (primary N) is 1. The summed E-state index contributed by atoms with van der Waals surface area (Å²) >= 11 is 0. The zero-order valence-electron chi connectivity index (χ0n) is 9.35. The van der Waals surface area contributed by atoms with E-state index >= 15 is 0 Å². The Balaban J connectivity index is 2.09. The van der Waals surface area contributed by atoms with Gasteiger partial charge in [-0.05, 0) is 18.9 Å². The first kappa shape index (κ1) is 10.6. The molecule has 84 valence electrons. The monoisotopic (exact) mass is 209 g/mol. The molecule has 0 aliphatic carbocycles. The maximum Gasteiger partial charge on any atom is 0.0996 e. The van der Waals surface area contributed by atoms with Gasteiger partial charge in [-0.3, -0.25) is 0 Å². The van der Waals surface area contributed by atoms with E-state index in [1.54, 1.807) is 0 Å². The topological polar surface area (TPSA) is 68.8 Å². The lowest BCUT2D eigenvalue weighted by Crippen LogP contribution is -2.17. The maximum absolute atomic E-state index is 6.02. The van der Waals surface area contributed by atoms with Gasteiger partial charge in [-0.1, -0.05) is 19.1 Å². The highest BCUT2D eigenvalue weighted by Gasteiger charge is 2.20. The lowest BCUT2D eigenvalue weighted by atomic mass is 10.0. The van der Waals surface area contributed by atoms with Crippen molar-refractivity contribution in [3.8, 4) is 0 Å². The molecule has 0 saturated carbocycles. The van der Waals surface area contributed by atoms with Crippen molar-refractivity contribution in [1.29, 1.82) is 0 Å². The molecule has 5 nitrogen and oxygen atoms in total. The van der Waals surface area contributed by atoms with Gasteiger partial charge >= 0.3 is 0 Å². The Labute approximate surface area is 90.0 Å². The Hall–Kier alpha value is -0.940. The summed E-state index contributed by atoms with van der Waals surface area (Å²) in [7, 11) is 0. The molecule has 1 aliphatic heterocycles. The van der Waals surface area contributed by atoms with Gasteiger partial charge in [-0.2, -0.15) is 0 Å². The summed E-state index contributed by atoms with van der Waals surface area (Å²) in [6, 6.07) is 0.443. The average molecular weight is 209 g/mol. The molecule has 1 aromatic heterocycles. The van der Waals surface area contributed by atoms with Gasteiger partial charge in [0, 0.05) is 6.54 Å². The zero-order chi connectivity index (χ0) is 10.8. The first-order chi connectivity index (χ1) is 7.18. The van der Waals surface area contributed by atoms with Gasteiger partial charge < -0.3 is 11.1 Å². The molecule has 2 atom stereocenters. The van der Waals surface area contributed by atoms with Crippen LogP contribution in [0.5, 0.6) is 0 Å². The van der Waals surface area contributed by atoms with E-state index in [4.69, 9.17) is 5.73 Å². The van der Waals surface area contributed by atoms with Crippen molar-refractivity contribution >= 4 is 0 Å². The van der Waals surface area contributed by atoms with Crippen LogP contribution in [0.3, 0.4) is 0 Å². The highest BCUT2D eigenvalue weighted by atomic mass is 15.4. The number of hydrogen-bond acceptors (Lipinski definition) is 4. The smallest absolute Gasteiger partial charge is 0.0996 e.